The molecule has 1 aliphatic heterocycles. The lowest BCUT2D eigenvalue weighted by atomic mass is 10.1. The van der Waals surface area contributed by atoms with Gasteiger partial charge in [-0.25, -0.2) is 4.79 Å². The van der Waals surface area contributed by atoms with E-state index in [0.717, 1.165) is 11.3 Å². The second-order valence-electron chi connectivity index (χ2n) is 7.40. The summed E-state index contributed by atoms with van der Waals surface area (Å²) in [5.74, 6) is 0.653. The Hall–Kier alpha value is -3.32. The van der Waals surface area contributed by atoms with Gasteiger partial charge in [0, 0.05) is 37.4 Å². The van der Waals surface area contributed by atoms with Crippen LogP contribution in [0.15, 0.2) is 64.2 Å². The molecule has 0 N–H and O–H groups in total. The van der Waals surface area contributed by atoms with Gasteiger partial charge in [0.15, 0.2) is 11.2 Å². The van der Waals surface area contributed by atoms with Crippen LogP contribution in [0.1, 0.15) is 5.56 Å². The number of imidazole rings is 1. The summed E-state index contributed by atoms with van der Waals surface area (Å²) in [6, 6.07) is 17.4. The molecule has 0 aliphatic carbocycles. The number of aromatic nitrogens is 4. The SMILES string of the molecule is Cn1c(=O)n(CCc2ccccc2)c(=O)c2c1nc1n2CCN1c1cccc(Cl)c1. The summed E-state index contributed by atoms with van der Waals surface area (Å²) < 4.78 is 4.67. The van der Waals surface area contributed by atoms with Crippen molar-refractivity contribution in [2.75, 3.05) is 11.4 Å². The van der Waals surface area contributed by atoms with Crippen LogP contribution in [0.5, 0.6) is 0 Å². The van der Waals surface area contributed by atoms with Crippen molar-refractivity contribution in [2.45, 2.75) is 19.5 Å². The molecule has 5 rings (SSSR count). The largest absolute Gasteiger partial charge is 0.332 e. The summed E-state index contributed by atoms with van der Waals surface area (Å²) in [5, 5.41) is 0.637. The maximum atomic E-state index is 13.3. The number of aryl methyl sites for hydroxylation is 2. The minimum atomic E-state index is -0.352. The van der Waals surface area contributed by atoms with Crippen LogP contribution in [0.25, 0.3) is 11.2 Å². The minimum Gasteiger partial charge on any atom is -0.310 e. The summed E-state index contributed by atoms with van der Waals surface area (Å²) in [5.41, 5.74) is 2.21. The van der Waals surface area contributed by atoms with E-state index in [-0.39, 0.29) is 11.2 Å². The minimum absolute atomic E-state index is 0.296. The van der Waals surface area contributed by atoms with Gasteiger partial charge >= 0.3 is 5.69 Å². The highest BCUT2D eigenvalue weighted by atomic mass is 35.5. The molecule has 8 heteroatoms. The van der Waals surface area contributed by atoms with E-state index in [2.05, 4.69) is 4.98 Å². The molecule has 2 aromatic carbocycles. The van der Waals surface area contributed by atoms with Gasteiger partial charge in [-0.15, -0.1) is 0 Å². The molecule has 0 unspecified atom stereocenters. The number of benzene rings is 2. The maximum absolute atomic E-state index is 13.3. The van der Waals surface area contributed by atoms with Gasteiger partial charge in [-0.1, -0.05) is 48.0 Å². The quantitative estimate of drug-likeness (QED) is 0.508. The van der Waals surface area contributed by atoms with Crippen LogP contribution >= 0.6 is 11.6 Å². The first-order chi connectivity index (χ1) is 14.5. The van der Waals surface area contributed by atoms with E-state index in [1.165, 1.54) is 9.13 Å². The van der Waals surface area contributed by atoms with Crippen LogP contribution in [0.3, 0.4) is 0 Å². The van der Waals surface area contributed by atoms with Crippen molar-refractivity contribution in [1.29, 1.82) is 0 Å². The molecule has 0 bridgehead atoms. The molecule has 0 saturated heterocycles. The predicted octanol–water partition coefficient (Wildman–Crippen LogP) is 2.94. The van der Waals surface area contributed by atoms with Gasteiger partial charge < -0.3 is 9.47 Å². The number of halogens is 1. The molecule has 2 aromatic heterocycles. The molecular weight excluding hydrogens is 402 g/mol. The Morgan fingerprint density at radius 1 is 1.03 bits per heavy atom. The molecule has 0 amide bonds. The first-order valence-corrected chi connectivity index (χ1v) is 10.2. The Labute approximate surface area is 177 Å². The fourth-order valence-electron chi connectivity index (χ4n) is 4.05. The Balaban J connectivity index is 1.61. The zero-order valence-electron chi connectivity index (χ0n) is 16.5. The van der Waals surface area contributed by atoms with E-state index in [0.29, 0.717) is 48.2 Å². The molecule has 0 saturated carbocycles. The van der Waals surface area contributed by atoms with E-state index in [9.17, 15) is 9.59 Å². The molecule has 30 heavy (non-hydrogen) atoms. The number of nitrogens with zero attached hydrogens (tertiary/aromatic N) is 5. The zero-order valence-corrected chi connectivity index (χ0v) is 17.2. The molecule has 0 fully saturated rings. The number of hydrogen-bond acceptors (Lipinski definition) is 4. The predicted molar refractivity (Wildman–Crippen MR) is 118 cm³/mol. The molecule has 152 valence electrons. The summed E-state index contributed by atoms with van der Waals surface area (Å²) in [7, 11) is 1.66. The standard InChI is InChI=1S/C22H20ClN5O2/c1-25-19-18(20(29)28(22(25)30)11-10-15-6-3-2-4-7-15)27-13-12-26(21(27)24-19)17-9-5-8-16(23)14-17/h2-9,14H,10-13H2,1H3. The molecule has 7 nitrogen and oxygen atoms in total. The average Bonchev–Trinajstić information content (AvgIpc) is 3.32. The number of anilines is 2. The van der Waals surface area contributed by atoms with Crippen LogP contribution in [0, 0.1) is 0 Å². The van der Waals surface area contributed by atoms with E-state index < -0.39 is 0 Å². The van der Waals surface area contributed by atoms with Crippen molar-refractivity contribution in [3.8, 4) is 0 Å². The summed E-state index contributed by atoms with van der Waals surface area (Å²) in [6.07, 6.45) is 0.608. The van der Waals surface area contributed by atoms with E-state index >= 15 is 0 Å². The summed E-state index contributed by atoms with van der Waals surface area (Å²) in [6.45, 7) is 1.62. The van der Waals surface area contributed by atoms with Crippen molar-refractivity contribution >= 4 is 34.4 Å². The molecule has 4 aromatic rings. The summed E-state index contributed by atoms with van der Waals surface area (Å²) in [4.78, 5) is 32.9. The highest BCUT2D eigenvalue weighted by Crippen LogP contribution is 2.32. The topological polar surface area (TPSA) is 65.1 Å². The molecule has 0 radical (unpaired) electrons. The first kappa shape index (κ1) is 18.7. The fourth-order valence-corrected chi connectivity index (χ4v) is 4.23. The van der Waals surface area contributed by atoms with Gasteiger partial charge in [0.25, 0.3) is 5.56 Å². The Bertz CT molecular complexity index is 1370. The maximum Gasteiger partial charge on any atom is 0.332 e. The lowest BCUT2D eigenvalue weighted by Gasteiger charge is -2.16. The van der Waals surface area contributed by atoms with Crippen LogP contribution in [0.4, 0.5) is 11.6 Å². The van der Waals surface area contributed by atoms with Crippen molar-refractivity contribution in [1.82, 2.24) is 18.7 Å². The lowest BCUT2D eigenvalue weighted by molar-refractivity contribution is 0.600. The smallest absolute Gasteiger partial charge is 0.310 e. The van der Waals surface area contributed by atoms with Crippen LogP contribution in [0.2, 0.25) is 5.02 Å². The van der Waals surface area contributed by atoms with Gasteiger partial charge in [0.1, 0.15) is 0 Å². The third-order valence-electron chi connectivity index (χ3n) is 5.59. The van der Waals surface area contributed by atoms with Gasteiger partial charge in [0.05, 0.1) is 0 Å². The highest BCUT2D eigenvalue weighted by Gasteiger charge is 2.28. The third-order valence-corrected chi connectivity index (χ3v) is 5.82. The van der Waals surface area contributed by atoms with Gasteiger partial charge in [-0.3, -0.25) is 13.9 Å². The van der Waals surface area contributed by atoms with Crippen LogP contribution in [-0.4, -0.2) is 25.2 Å². The normalized spacial score (nSPS) is 13.2. The van der Waals surface area contributed by atoms with Crippen molar-refractivity contribution < 1.29 is 0 Å². The van der Waals surface area contributed by atoms with Crippen LogP contribution < -0.4 is 16.1 Å². The van der Waals surface area contributed by atoms with Gasteiger partial charge in [-0.05, 0) is 30.2 Å². The van der Waals surface area contributed by atoms with Crippen molar-refractivity contribution in [3.05, 3.63) is 86.0 Å². The Morgan fingerprint density at radius 2 is 1.83 bits per heavy atom. The van der Waals surface area contributed by atoms with E-state index in [1.807, 2.05) is 64.1 Å². The van der Waals surface area contributed by atoms with Crippen molar-refractivity contribution in [2.24, 2.45) is 7.05 Å². The van der Waals surface area contributed by atoms with Crippen molar-refractivity contribution in [3.63, 3.8) is 0 Å². The molecule has 1 aliphatic rings. The third kappa shape index (κ3) is 2.93. The number of rotatable bonds is 4. The molecule has 0 atom stereocenters. The summed E-state index contributed by atoms with van der Waals surface area (Å²) >= 11 is 6.15. The molecule has 3 heterocycles. The zero-order chi connectivity index (χ0) is 20.8. The highest BCUT2D eigenvalue weighted by molar-refractivity contribution is 6.30. The lowest BCUT2D eigenvalue weighted by Crippen LogP contribution is -2.40. The number of fused-ring (bicyclic) bond motifs is 3. The van der Waals surface area contributed by atoms with Gasteiger partial charge in [-0.2, -0.15) is 4.98 Å². The Kier molecular flexibility index (Phi) is 4.47. The van der Waals surface area contributed by atoms with Gasteiger partial charge in [0.2, 0.25) is 5.95 Å². The monoisotopic (exact) mass is 421 g/mol. The second-order valence-corrected chi connectivity index (χ2v) is 7.84. The molecular formula is C22H20ClN5O2. The van der Waals surface area contributed by atoms with Crippen LogP contribution in [-0.2, 0) is 26.6 Å². The first-order valence-electron chi connectivity index (χ1n) is 9.81. The van der Waals surface area contributed by atoms with E-state index in [4.69, 9.17) is 11.6 Å². The van der Waals surface area contributed by atoms with E-state index in [1.54, 1.807) is 7.05 Å². The average molecular weight is 422 g/mol. The fraction of sp³-hybridized carbons (Fsp3) is 0.227. The Morgan fingerprint density at radius 3 is 2.60 bits per heavy atom. The second kappa shape index (κ2) is 7.18. The molecule has 0 spiro atoms. The number of hydrogen-bond donors (Lipinski definition) is 0.